The first-order valence-electron chi connectivity index (χ1n) is 12.9. The second-order valence-electron chi connectivity index (χ2n) is 11.0. The molecule has 1 amide bonds. The number of H-pyrrole nitrogens is 1. The molecule has 0 radical (unpaired) electrons. The van der Waals surface area contributed by atoms with E-state index in [4.69, 9.17) is 10.6 Å². The maximum absolute atomic E-state index is 14.2. The number of amides is 1. The lowest BCUT2D eigenvalue weighted by Crippen LogP contribution is -2.35. The van der Waals surface area contributed by atoms with Crippen molar-refractivity contribution in [3.05, 3.63) is 47.8 Å². The zero-order valence-corrected chi connectivity index (χ0v) is 23.1. The fraction of sp³-hybridized carbons (Fsp3) is 0.370. The monoisotopic (exact) mass is 569 g/mol. The fourth-order valence-electron chi connectivity index (χ4n) is 4.29. The van der Waals surface area contributed by atoms with Gasteiger partial charge in [0.1, 0.15) is 5.84 Å². The predicted octanol–water partition coefficient (Wildman–Crippen LogP) is 4.59. The number of nitrogens with one attached hydrogen (secondary N) is 3. The van der Waals surface area contributed by atoms with Gasteiger partial charge in [-0.25, -0.2) is 25.3 Å². The van der Waals surface area contributed by atoms with Gasteiger partial charge in [0, 0.05) is 36.0 Å². The number of nitrogens with two attached hydrogens (primary N) is 1. The van der Waals surface area contributed by atoms with Gasteiger partial charge in [0.2, 0.25) is 0 Å². The summed E-state index contributed by atoms with van der Waals surface area (Å²) in [6, 6.07) is 5.61. The average molecular weight is 570 g/mol. The summed E-state index contributed by atoms with van der Waals surface area (Å²) in [6.45, 7) is 9.20. The number of hydrogen-bond donors (Lipinski definition) is 4. The van der Waals surface area contributed by atoms with Crippen molar-refractivity contribution in [3.63, 3.8) is 0 Å². The fourth-order valence-corrected chi connectivity index (χ4v) is 4.29. The Balaban J connectivity index is 1.44. The Morgan fingerprint density at radius 1 is 1.22 bits per heavy atom. The van der Waals surface area contributed by atoms with Crippen molar-refractivity contribution in [1.29, 1.82) is 0 Å². The third-order valence-corrected chi connectivity index (χ3v) is 6.53. The molecule has 5 rings (SSSR count). The zero-order chi connectivity index (χ0) is 29.7. The van der Waals surface area contributed by atoms with Crippen molar-refractivity contribution >= 4 is 28.6 Å². The number of nitrogens with zero attached hydrogens (tertiary/aromatic N) is 5. The van der Waals surface area contributed by atoms with E-state index in [1.54, 1.807) is 23.0 Å². The Hall–Kier alpha value is -4.46. The molecule has 4 heterocycles. The van der Waals surface area contributed by atoms with Crippen LogP contribution in [0.1, 0.15) is 51.8 Å². The molecule has 216 valence electrons. The number of aromatic nitrogens is 5. The first-order chi connectivity index (χ1) is 19.2. The van der Waals surface area contributed by atoms with Crippen molar-refractivity contribution in [3.8, 4) is 22.6 Å². The first-order valence-corrected chi connectivity index (χ1v) is 12.9. The van der Waals surface area contributed by atoms with E-state index < -0.39 is 23.9 Å². The predicted molar refractivity (Wildman–Crippen MR) is 147 cm³/mol. The Kier molecular flexibility index (Phi) is 6.97. The Morgan fingerprint density at radius 2 is 1.98 bits per heavy atom. The highest BCUT2D eigenvalue weighted by atomic mass is 19.4. The van der Waals surface area contributed by atoms with Gasteiger partial charge < -0.3 is 16.0 Å². The molecule has 1 aliphatic rings. The Morgan fingerprint density at radius 3 is 2.61 bits per heavy atom. The molecular formula is C27H30F3N9O2. The summed E-state index contributed by atoms with van der Waals surface area (Å²) in [7, 11) is 0. The standard InChI is InChI=1S/C27H30F3N9O2/c1-13(2)39-12-18(31)20(37-39)22-34-19-16(8-9-32-21(19)35-22)14-6-7-15(17(10-14)27(28,29)30)11-33-23(40)24-36-25(38-41-24)26(3,4)5/h6-10,12-13,24H,11,31H2,1-5H3,(H,33,40)(H,36,38)(H,32,34,35). The number of carbonyl (C=O) groups excluding carboxylic acids is 1. The SMILES string of the molecule is CC(C)n1cc(N)c(-c2nc3nccc(-c4ccc(CNC(=O)C5N=C(C(C)(C)C)NO5)c(C(F)(F)F)c4)c3[nH]2)n1. The van der Waals surface area contributed by atoms with Crippen LogP contribution < -0.4 is 16.5 Å². The van der Waals surface area contributed by atoms with E-state index in [-0.39, 0.29) is 23.6 Å². The van der Waals surface area contributed by atoms with Crippen LogP contribution in [0.2, 0.25) is 0 Å². The number of nitrogen functional groups attached to an aromatic ring is 1. The number of carbonyl (C=O) groups is 1. The van der Waals surface area contributed by atoms with Crippen molar-refractivity contribution < 1.29 is 22.8 Å². The van der Waals surface area contributed by atoms with E-state index in [1.165, 1.54) is 12.3 Å². The molecule has 0 saturated heterocycles. The molecule has 0 bridgehead atoms. The number of aliphatic imine (C=N–C) groups is 1. The van der Waals surface area contributed by atoms with E-state index in [0.29, 0.717) is 45.3 Å². The van der Waals surface area contributed by atoms with E-state index in [2.05, 4.69) is 35.8 Å². The van der Waals surface area contributed by atoms with Gasteiger partial charge in [0.15, 0.2) is 17.2 Å². The van der Waals surface area contributed by atoms with Gasteiger partial charge in [-0.05, 0) is 37.1 Å². The lowest BCUT2D eigenvalue weighted by Gasteiger charge is -2.16. The molecule has 4 aromatic rings. The minimum Gasteiger partial charge on any atom is -0.396 e. The minimum atomic E-state index is -4.68. The number of hydroxylamine groups is 1. The topological polar surface area (TPSA) is 148 Å². The number of anilines is 1. The molecule has 0 fully saturated rings. The van der Waals surface area contributed by atoms with E-state index in [0.717, 1.165) is 6.07 Å². The van der Waals surface area contributed by atoms with Crippen molar-refractivity contribution in [2.24, 2.45) is 10.4 Å². The quantitative estimate of drug-likeness (QED) is 0.265. The number of rotatable bonds is 6. The number of amidine groups is 1. The van der Waals surface area contributed by atoms with Crippen LogP contribution in [0.25, 0.3) is 33.8 Å². The molecule has 1 unspecified atom stereocenters. The summed E-state index contributed by atoms with van der Waals surface area (Å²) >= 11 is 0. The second-order valence-corrected chi connectivity index (χ2v) is 11.0. The lowest BCUT2D eigenvalue weighted by atomic mass is 9.95. The minimum absolute atomic E-state index is 0.0734. The van der Waals surface area contributed by atoms with Crippen LogP contribution in [-0.4, -0.2) is 42.7 Å². The second kappa shape index (κ2) is 10.2. The molecule has 11 nitrogen and oxygen atoms in total. The summed E-state index contributed by atoms with van der Waals surface area (Å²) in [5.74, 6) is 0.168. The summed E-state index contributed by atoms with van der Waals surface area (Å²) in [5.41, 5.74) is 9.70. The molecule has 41 heavy (non-hydrogen) atoms. The van der Waals surface area contributed by atoms with Crippen LogP contribution in [0, 0.1) is 5.41 Å². The van der Waals surface area contributed by atoms with Gasteiger partial charge in [-0.15, -0.1) is 0 Å². The van der Waals surface area contributed by atoms with Gasteiger partial charge in [-0.2, -0.15) is 18.3 Å². The molecular weight excluding hydrogens is 539 g/mol. The molecule has 0 saturated carbocycles. The van der Waals surface area contributed by atoms with E-state index in [1.807, 2.05) is 34.6 Å². The number of benzene rings is 1. The number of halogens is 3. The number of hydrogen-bond acceptors (Lipinski definition) is 8. The van der Waals surface area contributed by atoms with Crippen molar-refractivity contribution in [2.45, 2.75) is 59.6 Å². The Labute approximate surface area is 233 Å². The molecule has 1 aliphatic heterocycles. The van der Waals surface area contributed by atoms with Gasteiger partial charge in [-0.1, -0.05) is 32.9 Å². The maximum atomic E-state index is 14.2. The highest BCUT2D eigenvalue weighted by molar-refractivity contribution is 5.93. The molecule has 1 atom stereocenters. The summed E-state index contributed by atoms with van der Waals surface area (Å²) in [5, 5.41) is 6.97. The molecule has 0 aliphatic carbocycles. The maximum Gasteiger partial charge on any atom is 0.416 e. The van der Waals surface area contributed by atoms with Crippen LogP contribution >= 0.6 is 0 Å². The number of alkyl halides is 3. The molecule has 1 aromatic carbocycles. The van der Waals surface area contributed by atoms with Crippen molar-refractivity contribution in [1.82, 2.24) is 35.5 Å². The van der Waals surface area contributed by atoms with E-state index in [9.17, 15) is 18.0 Å². The number of imidazole rings is 1. The third-order valence-electron chi connectivity index (χ3n) is 6.53. The van der Waals surface area contributed by atoms with Crippen LogP contribution in [0.4, 0.5) is 18.9 Å². The summed E-state index contributed by atoms with van der Waals surface area (Å²) in [4.78, 5) is 33.8. The number of aromatic amines is 1. The molecule has 5 N–H and O–H groups in total. The van der Waals surface area contributed by atoms with Crippen LogP contribution in [0.15, 0.2) is 41.7 Å². The smallest absolute Gasteiger partial charge is 0.396 e. The third kappa shape index (κ3) is 5.59. The molecule has 3 aromatic heterocycles. The summed E-state index contributed by atoms with van der Waals surface area (Å²) < 4.78 is 44.2. The van der Waals surface area contributed by atoms with Gasteiger partial charge in [0.05, 0.1) is 16.8 Å². The largest absolute Gasteiger partial charge is 0.416 e. The van der Waals surface area contributed by atoms with Gasteiger partial charge in [-0.3, -0.25) is 9.48 Å². The zero-order valence-electron chi connectivity index (χ0n) is 23.1. The Bertz CT molecular complexity index is 1650. The molecule has 14 heteroatoms. The van der Waals surface area contributed by atoms with Crippen molar-refractivity contribution in [2.75, 3.05) is 5.73 Å². The average Bonchev–Trinajstić information content (AvgIpc) is 3.64. The van der Waals surface area contributed by atoms with Crippen LogP contribution in [0.3, 0.4) is 0 Å². The highest BCUT2D eigenvalue weighted by Crippen LogP contribution is 2.37. The normalized spacial score (nSPS) is 15.8. The number of fused-ring (bicyclic) bond motifs is 1. The van der Waals surface area contributed by atoms with E-state index >= 15 is 0 Å². The highest BCUT2D eigenvalue weighted by Gasteiger charge is 2.35. The molecule has 0 spiro atoms. The number of pyridine rings is 1. The van der Waals surface area contributed by atoms with Crippen LogP contribution in [0.5, 0.6) is 0 Å². The summed E-state index contributed by atoms with van der Waals surface area (Å²) in [6.07, 6.45) is -2.71. The van der Waals surface area contributed by atoms with Gasteiger partial charge in [0.25, 0.3) is 12.1 Å². The first kappa shape index (κ1) is 28.1. The lowest BCUT2D eigenvalue weighted by molar-refractivity contribution is -0.139. The van der Waals surface area contributed by atoms with Crippen LogP contribution in [-0.2, 0) is 22.4 Å². The van der Waals surface area contributed by atoms with Gasteiger partial charge >= 0.3 is 6.18 Å².